The van der Waals surface area contributed by atoms with E-state index in [0.29, 0.717) is 18.0 Å². The van der Waals surface area contributed by atoms with Gasteiger partial charge in [-0.3, -0.25) is 4.79 Å². The van der Waals surface area contributed by atoms with Crippen molar-refractivity contribution in [3.8, 4) is 5.75 Å². The number of phenols is 1. The molecular formula is C15H22N2O2. The van der Waals surface area contributed by atoms with E-state index in [0.717, 1.165) is 31.6 Å². The highest BCUT2D eigenvalue weighted by Crippen LogP contribution is 2.18. The van der Waals surface area contributed by atoms with E-state index in [2.05, 4.69) is 17.1 Å². The van der Waals surface area contributed by atoms with E-state index < -0.39 is 0 Å². The molecule has 4 nitrogen and oxygen atoms in total. The molecule has 1 amide bonds. The Kier molecular flexibility index (Phi) is 4.43. The third kappa shape index (κ3) is 3.47. The minimum Gasteiger partial charge on any atom is -0.508 e. The van der Waals surface area contributed by atoms with E-state index in [1.165, 1.54) is 6.07 Å². The van der Waals surface area contributed by atoms with Crippen molar-refractivity contribution in [1.82, 2.24) is 10.2 Å². The van der Waals surface area contributed by atoms with Crippen LogP contribution in [0.15, 0.2) is 18.2 Å². The number of rotatable bonds is 4. The van der Waals surface area contributed by atoms with Gasteiger partial charge in [0.15, 0.2) is 0 Å². The molecule has 1 saturated heterocycles. The van der Waals surface area contributed by atoms with Crippen LogP contribution < -0.4 is 5.32 Å². The Balaban J connectivity index is 1.86. The first-order valence-corrected chi connectivity index (χ1v) is 6.90. The van der Waals surface area contributed by atoms with Crippen molar-refractivity contribution < 1.29 is 9.90 Å². The summed E-state index contributed by atoms with van der Waals surface area (Å²) in [4.78, 5) is 14.4. The lowest BCUT2D eigenvalue weighted by atomic mass is 10.1. The second-order valence-electron chi connectivity index (χ2n) is 5.26. The van der Waals surface area contributed by atoms with E-state index in [1.807, 2.05) is 6.92 Å². The largest absolute Gasteiger partial charge is 0.508 e. The number of hydrogen-bond donors (Lipinski definition) is 2. The van der Waals surface area contributed by atoms with Gasteiger partial charge in [-0.2, -0.15) is 0 Å². The van der Waals surface area contributed by atoms with Gasteiger partial charge < -0.3 is 15.3 Å². The lowest BCUT2D eigenvalue weighted by Gasteiger charge is -2.14. The van der Waals surface area contributed by atoms with Crippen molar-refractivity contribution in [3.05, 3.63) is 29.3 Å². The molecule has 1 aromatic carbocycles. The minimum absolute atomic E-state index is 0.106. The van der Waals surface area contributed by atoms with Gasteiger partial charge in [-0.1, -0.05) is 13.0 Å². The number of aromatic hydroxyl groups is 1. The second-order valence-corrected chi connectivity index (χ2v) is 5.26. The first kappa shape index (κ1) is 13.9. The van der Waals surface area contributed by atoms with E-state index in [9.17, 15) is 9.90 Å². The summed E-state index contributed by atoms with van der Waals surface area (Å²) in [6.07, 6.45) is 1.15. The van der Waals surface area contributed by atoms with Crippen molar-refractivity contribution in [2.45, 2.75) is 20.3 Å². The topological polar surface area (TPSA) is 52.6 Å². The average Bonchev–Trinajstić information content (AvgIpc) is 2.87. The first-order chi connectivity index (χ1) is 9.10. The Morgan fingerprint density at radius 2 is 2.32 bits per heavy atom. The van der Waals surface area contributed by atoms with Gasteiger partial charge >= 0.3 is 0 Å². The first-order valence-electron chi connectivity index (χ1n) is 6.90. The van der Waals surface area contributed by atoms with Gasteiger partial charge in [0.2, 0.25) is 0 Å². The summed E-state index contributed by atoms with van der Waals surface area (Å²) in [5.41, 5.74) is 1.30. The molecule has 1 aliphatic heterocycles. The number of nitrogens with one attached hydrogen (secondary N) is 1. The summed E-state index contributed by atoms with van der Waals surface area (Å²) in [6.45, 7) is 7.96. The monoisotopic (exact) mass is 262 g/mol. The normalized spacial score (nSPS) is 19.6. The smallest absolute Gasteiger partial charge is 0.251 e. The maximum atomic E-state index is 12.0. The Morgan fingerprint density at radius 1 is 1.53 bits per heavy atom. The quantitative estimate of drug-likeness (QED) is 0.869. The Morgan fingerprint density at radius 3 is 2.95 bits per heavy atom. The molecular weight excluding hydrogens is 240 g/mol. The van der Waals surface area contributed by atoms with Crippen LogP contribution in [0.3, 0.4) is 0 Å². The summed E-state index contributed by atoms with van der Waals surface area (Å²) < 4.78 is 0. The van der Waals surface area contributed by atoms with Gasteiger partial charge in [0.25, 0.3) is 5.91 Å². The van der Waals surface area contributed by atoms with E-state index in [1.54, 1.807) is 12.1 Å². The van der Waals surface area contributed by atoms with Crippen LogP contribution in [0.5, 0.6) is 5.75 Å². The van der Waals surface area contributed by atoms with E-state index in [4.69, 9.17) is 0 Å². The number of likely N-dealkylation sites (tertiary alicyclic amines) is 1. The molecule has 1 aromatic rings. The number of benzene rings is 1. The molecule has 0 spiro atoms. The second kappa shape index (κ2) is 6.06. The maximum Gasteiger partial charge on any atom is 0.251 e. The number of hydrogen-bond acceptors (Lipinski definition) is 3. The highest BCUT2D eigenvalue weighted by molar-refractivity contribution is 5.94. The van der Waals surface area contributed by atoms with E-state index in [-0.39, 0.29) is 11.7 Å². The van der Waals surface area contributed by atoms with Crippen molar-refractivity contribution in [3.63, 3.8) is 0 Å². The fraction of sp³-hybridized carbons (Fsp3) is 0.533. The number of carbonyl (C=O) groups is 1. The lowest BCUT2D eigenvalue weighted by Crippen LogP contribution is -2.31. The molecule has 0 aliphatic carbocycles. The van der Waals surface area contributed by atoms with Crippen molar-refractivity contribution >= 4 is 5.91 Å². The summed E-state index contributed by atoms with van der Waals surface area (Å²) >= 11 is 0. The third-order valence-corrected chi connectivity index (χ3v) is 3.84. The Labute approximate surface area is 114 Å². The molecule has 0 bridgehead atoms. The lowest BCUT2D eigenvalue weighted by molar-refractivity contribution is 0.0947. The maximum absolute atomic E-state index is 12.0. The van der Waals surface area contributed by atoms with E-state index >= 15 is 0 Å². The molecule has 1 atom stereocenters. The third-order valence-electron chi connectivity index (χ3n) is 3.84. The van der Waals surface area contributed by atoms with Crippen LogP contribution in [0, 0.1) is 12.8 Å². The van der Waals surface area contributed by atoms with Crippen LogP contribution >= 0.6 is 0 Å². The minimum atomic E-state index is -0.106. The van der Waals surface area contributed by atoms with Crippen LogP contribution in [0.4, 0.5) is 0 Å². The molecule has 2 N–H and O–H groups in total. The number of aryl methyl sites for hydroxylation is 1. The van der Waals surface area contributed by atoms with Crippen molar-refractivity contribution in [2.24, 2.45) is 5.92 Å². The molecule has 2 rings (SSSR count). The summed E-state index contributed by atoms with van der Waals surface area (Å²) in [6, 6.07) is 5.04. The van der Waals surface area contributed by atoms with Gasteiger partial charge in [0, 0.05) is 18.7 Å². The van der Waals surface area contributed by atoms with Gasteiger partial charge in [-0.05, 0) is 50.0 Å². The average molecular weight is 262 g/mol. The standard InChI is InChI=1S/C15H22N2O2/c1-3-17-7-6-12(10-17)9-16-15(19)13-5-4-11(2)14(18)8-13/h4-5,8,12,18H,3,6-7,9-10H2,1-2H3,(H,16,19). The van der Waals surface area contributed by atoms with Crippen molar-refractivity contribution in [2.75, 3.05) is 26.2 Å². The van der Waals surface area contributed by atoms with Crippen molar-refractivity contribution in [1.29, 1.82) is 0 Å². The van der Waals surface area contributed by atoms with Crippen LogP contribution in [0.25, 0.3) is 0 Å². The number of carbonyl (C=O) groups excluding carboxylic acids is 1. The zero-order valence-electron chi connectivity index (χ0n) is 11.6. The zero-order chi connectivity index (χ0) is 13.8. The molecule has 1 heterocycles. The molecule has 19 heavy (non-hydrogen) atoms. The van der Waals surface area contributed by atoms with Gasteiger partial charge in [-0.25, -0.2) is 0 Å². The number of nitrogens with zero attached hydrogens (tertiary/aromatic N) is 1. The Bertz CT molecular complexity index is 459. The van der Waals surface area contributed by atoms with Crippen LogP contribution in [0.1, 0.15) is 29.3 Å². The van der Waals surface area contributed by atoms with Gasteiger partial charge in [0.1, 0.15) is 5.75 Å². The highest BCUT2D eigenvalue weighted by Gasteiger charge is 2.21. The molecule has 0 aromatic heterocycles. The molecule has 4 heteroatoms. The fourth-order valence-corrected chi connectivity index (χ4v) is 2.46. The predicted molar refractivity (Wildman–Crippen MR) is 75.4 cm³/mol. The van der Waals surface area contributed by atoms with Gasteiger partial charge in [0.05, 0.1) is 0 Å². The number of phenolic OH excluding ortho intramolecular Hbond substituents is 1. The van der Waals surface area contributed by atoms with Gasteiger partial charge in [-0.15, -0.1) is 0 Å². The highest BCUT2D eigenvalue weighted by atomic mass is 16.3. The molecule has 1 fully saturated rings. The van der Waals surface area contributed by atoms with Crippen LogP contribution in [-0.4, -0.2) is 42.1 Å². The van der Waals surface area contributed by atoms with Crippen LogP contribution in [-0.2, 0) is 0 Å². The Hall–Kier alpha value is -1.55. The summed E-state index contributed by atoms with van der Waals surface area (Å²) in [5.74, 6) is 0.610. The fourth-order valence-electron chi connectivity index (χ4n) is 2.46. The van der Waals surface area contributed by atoms with Crippen LogP contribution in [0.2, 0.25) is 0 Å². The molecule has 1 unspecified atom stereocenters. The predicted octanol–water partition coefficient (Wildman–Crippen LogP) is 1.77. The molecule has 1 aliphatic rings. The molecule has 104 valence electrons. The number of amides is 1. The molecule has 0 saturated carbocycles. The zero-order valence-corrected chi connectivity index (χ0v) is 11.6. The summed E-state index contributed by atoms with van der Waals surface area (Å²) in [7, 11) is 0. The molecule has 0 radical (unpaired) electrons. The summed E-state index contributed by atoms with van der Waals surface area (Å²) in [5, 5.41) is 12.6. The SMILES string of the molecule is CCN1CCC(CNC(=O)c2ccc(C)c(O)c2)C1.